The molecule has 1 aromatic carbocycles. The third-order valence-corrected chi connectivity index (χ3v) is 3.92. The Hall–Kier alpha value is -1.43. The maximum atomic E-state index is 11.8. The highest BCUT2D eigenvalue weighted by molar-refractivity contribution is 5.76. The lowest BCUT2D eigenvalue weighted by molar-refractivity contribution is -0.123. The summed E-state index contributed by atoms with van der Waals surface area (Å²) in [6, 6.07) is 10.8. The van der Waals surface area contributed by atoms with E-state index < -0.39 is 0 Å². The summed E-state index contributed by atoms with van der Waals surface area (Å²) >= 11 is 0. The number of hydrogen-bond donors (Lipinski definition) is 2. The number of nitrogens with one attached hydrogen (secondary N) is 1. The molecule has 1 rings (SSSR count). The van der Waals surface area contributed by atoms with Crippen molar-refractivity contribution in [2.45, 2.75) is 38.5 Å². The Bertz CT molecular complexity index is 421. The van der Waals surface area contributed by atoms with Crippen molar-refractivity contribution in [3.63, 3.8) is 0 Å². The molecule has 1 aromatic rings. The number of ether oxygens (including phenoxy) is 1. The summed E-state index contributed by atoms with van der Waals surface area (Å²) in [6.07, 6.45) is 1.04. The summed E-state index contributed by atoms with van der Waals surface area (Å²) in [5.74, 6) is -0.00443. The lowest BCUT2D eigenvalue weighted by Gasteiger charge is -2.25. The molecule has 2 unspecified atom stereocenters. The minimum Gasteiger partial charge on any atom is -0.380 e. The molecule has 0 fully saturated rings. The van der Waals surface area contributed by atoms with Crippen LogP contribution in [0.5, 0.6) is 0 Å². The predicted octanol–water partition coefficient (Wildman–Crippen LogP) is 1.38. The van der Waals surface area contributed by atoms with Gasteiger partial charge in [-0.25, -0.2) is 0 Å². The first-order chi connectivity index (χ1) is 10.6. The van der Waals surface area contributed by atoms with Crippen molar-refractivity contribution in [3.05, 3.63) is 35.9 Å². The Morgan fingerprint density at radius 1 is 1.36 bits per heavy atom. The fraction of sp³-hybridized carbons (Fsp3) is 0.588. The third kappa shape index (κ3) is 7.02. The molecule has 0 saturated heterocycles. The molecule has 0 aromatic heterocycles. The average Bonchev–Trinajstić information content (AvgIpc) is 2.53. The molecule has 3 N–H and O–H groups in total. The zero-order chi connectivity index (χ0) is 16.4. The molecule has 0 bridgehead atoms. The van der Waals surface area contributed by atoms with Crippen LogP contribution in [0.15, 0.2) is 30.3 Å². The fourth-order valence-corrected chi connectivity index (χ4v) is 2.21. The standard InChI is InChI=1S/C17H29N3O2/c1-14(20(2)13-15-7-5-4-6-8-15)9-10-19-17(21)11-16(12-18)22-3/h4-8,14,16H,9-13,18H2,1-3H3,(H,19,21). The number of amides is 1. The lowest BCUT2D eigenvalue weighted by Crippen LogP contribution is -2.36. The fourth-order valence-electron chi connectivity index (χ4n) is 2.21. The van der Waals surface area contributed by atoms with E-state index in [0.717, 1.165) is 13.0 Å². The zero-order valence-corrected chi connectivity index (χ0v) is 13.9. The molecule has 0 aliphatic carbocycles. The number of benzene rings is 1. The van der Waals surface area contributed by atoms with Crippen LogP contribution in [0.3, 0.4) is 0 Å². The van der Waals surface area contributed by atoms with Gasteiger partial charge in [-0.1, -0.05) is 30.3 Å². The zero-order valence-electron chi connectivity index (χ0n) is 13.9. The topological polar surface area (TPSA) is 67.6 Å². The average molecular weight is 307 g/mol. The lowest BCUT2D eigenvalue weighted by atomic mass is 10.1. The number of hydrogen-bond acceptors (Lipinski definition) is 4. The van der Waals surface area contributed by atoms with Crippen LogP contribution in [0, 0.1) is 0 Å². The Kier molecular flexibility index (Phi) is 8.74. The van der Waals surface area contributed by atoms with Crippen molar-refractivity contribution in [1.29, 1.82) is 0 Å². The van der Waals surface area contributed by atoms with Crippen LogP contribution in [0.4, 0.5) is 0 Å². The van der Waals surface area contributed by atoms with Crippen LogP contribution >= 0.6 is 0 Å². The van der Waals surface area contributed by atoms with Gasteiger partial charge in [0, 0.05) is 32.8 Å². The minimum atomic E-state index is -0.196. The van der Waals surface area contributed by atoms with E-state index >= 15 is 0 Å². The molecule has 1 amide bonds. The number of nitrogens with two attached hydrogens (primary N) is 1. The molecule has 0 aliphatic heterocycles. The summed E-state index contributed by atoms with van der Waals surface area (Å²) in [6.45, 7) is 4.11. The summed E-state index contributed by atoms with van der Waals surface area (Å²) in [5.41, 5.74) is 6.81. The largest absolute Gasteiger partial charge is 0.380 e. The van der Waals surface area contributed by atoms with Gasteiger partial charge in [0.05, 0.1) is 12.5 Å². The second-order valence-electron chi connectivity index (χ2n) is 5.69. The normalized spacial score (nSPS) is 13.9. The van der Waals surface area contributed by atoms with Gasteiger partial charge in [-0.05, 0) is 26.0 Å². The second kappa shape index (κ2) is 10.3. The van der Waals surface area contributed by atoms with Gasteiger partial charge < -0.3 is 15.8 Å². The summed E-state index contributed by atoms with van der Waals surface area (Å²) in [4.78, 5) is 14.0. The van der Waals surface area contributed by atoms with E-state index in [1.54, 1.807) is 7.11 Å². The van der Waals surface area contributed by atoms with E-state index in [9.17, 15) is 4.79 Å². The van der Waals surface area contributed by atoms with Crippen LogP contribution in [0.25, 0.3) is 0 Å². The van der Waals surface area contributed by atoms with Gasteiger partial charge in [0.2, 0.25) is 5.91 Å². The van der Waals surface area contributed by atoms with Gasteiger partial charge in [0.25, 0.3) is 0 Å². The van der Waals surface area contributed by atoms with Crippen molar-refractivity contribution in [2.75, 3.05) is 27.2 Å². The molecular formula is C17H29N3O2. The predicted molar refractivity (Wildman–Crippen MR) is 89.5 cm³/mol. The van der Waals surface area contributed by atoms with Crippen LogP contribution in [0.1, 0.15) is 25.3 Å². The molecule has 5 nitrogen and oxygen atoms in total. The van der Waals surface area contributed by atoms with E-state index in [-0.39, 0.29) is 12.0 Å². The Morgan fingerprint density at radius 2 is 2.05 bits per heavy atom. The van der Waals surface area contributed by atoms with E-state index in [0.29, 0.717) is 25.6 Å². The summed E-state index contributed by atoms with van der Waals surface area (Å²) < 4.78 is 5.11. The maximum Gasteiger partial charge on any atom is 0.222 e. The first-order valence-corrected chi connectivity index (χ1v) is 7.80. The van der Waals surface area contributed by atoms with E-state index in [1.165, 1.54) is 5.56 Å². The first kappa shape index (κ1) is 18.6. The van der Waals surface area contributed by atoms with Crippen LogP contribution in [0.2, 0.25) is 0 Å². The molecule has 5 heteroatoms. The Balaban J connectivity index is 2.24. The second-order valence-corrected chi connectivity index (χ2v) is 5.69. The van der Waals surface area contributed by atoms with Gasteiger partial charge in [0.15, 0.2) is 0 Å². The van der Waals surface area contributed by atoms with Gasteiger partial charge in [-0.15, -0.1) is 0 Å². The highest BCUT2D eigenvalue weighted by Gasteiger charge is 2.13. The van der Waals surface area contributed by atoms with E-state index in [1.807, 2.05) is 6.07 Å². The molecule has 0 aliphatic rings. The molecule has 22 heavy (non-hydrogen) atoms. The highest BCUT2D eigenvalue weighted by Crippen LogP contribution is 2.08. The number of rotatable bonds is 10. The van der Waals surface area contributed by atoms with Crippen molar-refractivity contribution >= 4 is 5.91 Å². The SMILES string of the molecule is COC(CN)CC(=O)NCCC(C)N(C)Cc1ccccc1. The molecule has 0 saturated carbocycles. The Morgan fingerprint density at radius 3 is 2.64 bits per heavy atom. The minimum absolute atomic E-state index is 0.00443. The van der Waals surface area contributed by atoms with Crippen molar-refractivity contribution in [3.8, 4) is 0 Å². The highest BCUT2D eigenvalue weighted by atomic mass is 16.5. The molecule has 0 spiro atoms. The van der Waals surface area contributed by atoms with Gasteiger partial charge in [0.1, 0.15) is 0 Å². The first-order valence-electron chi connectivity index (χ1n) is 7.80. The van der Waals surface area contributed by atoms with Gasteiger partial charge >= 0.3 is 0 Å². The van der Waals surface area contributed by atoms with E-state index in [4.69, 9.17) is 10.5 Å². The van der Waals surface area contributed by atoms with Crippen LogP contribution < -0.4 is 11.1 Å². The number of nitrogens with zero attached hydrogens (tertiary/aromatic N) is 1. The van der Waals surface area contributed by atoms with Crippen LogP contribution in [-0.4, -0.2) is 50.2 Å². The van der Waals surface area contributed by atoms with Gasteiger partial charge in [-0.2, -0.15) is 0 Å². The Labute approximate surface area is 133 Å². The molecule has 2 atom stereocenters. The summed E-state index contributed by atoms with van der Waals surface area (Å²) in [5, 5.41) is 2.93. The van der Waals surface area contributed by atoms with Gasteiger partial charge in [-0.3, -0.25) is 9.69 Å². The smallest absolute Gasteiger partial charge is 0.222 e. The molecular weight excluding hydrogens is 278 g/mol. The molecule has 0 radical (unpaired) electrons. The maximum absolute atomic E-state index is 11.8. The van der Waals surface area contributed by atoms with Crippen molar-refractivity contribution < 1.29 is 9.53 Å². The number of carbonyl (C=O) groups is 1. The quantitative estimate of drug-likeness (QED) is 0.685. The van der Waals surface area contributed by atoms with Crippen molar-refractivity contribution in [2.24, 2.45) is 5.73 Å². The third-order valence-electron chi connectivity index (χ3n) is 3.92. The monoisotopic (exact) mass is 307 g/mol. The van der Waals surface area contributed by atoms with Crippen molar-refractivity contribution in [1.82, 2.24) is 10.2 Å². The molecule has 124 valence electrons. The van der Waals surface area contributed by atoms with E-state index in [2.05, 4.69) is 48.5 Å². The number of methoxy groups -OCH3 is 1. The molecule has 0 heterocycles. The van der Waals surface area contributed by atoms with Crippen LogP contribution in [-0.2, 0) is 16.1 Å². The summed E-state index contributed by atoms with van der Waals surface area (Å²) in [7, 11) is 3.68. The number of carbonyl (C=O) groups excluding carboxylic acids is 1.